The fourth-order valence-corrected chi connectivity index (χ4v) is 3.50. The van der Waals surface area contributed by atoms with E-state index in [4.69, 9.17) is 4.74 Å². The second-order valence-electron chi connectivity index (χ2n) is 7.41. The van der Waals surface area contributed by atoms with Gasteiger partial charge in [0.2, 0.25) is 0 Å². The van der Waals surface area contributed by atoms with Gasteiger partial charge in [-0.2, -0.15) is 8.78 Å². The quantitative estimate of drug-likeness (QED) is 0.428. The summed E-state index contributed by atoms with van der Waals surface area (Å²) in [5, 5.41) is 2.54. The number of benzene rings is 3. The van der Waals surface area contributed by atoms with Crippen molar-refractivity contribution in [1.82, 2.24) is 0 Å². The molecule has 34 heavy (non-hydrogen) atoms. The molecule has 0 radical (unpaired) electrons. The molecule has 0 aliphatic heterocycles. The van der Waals surface area contributed by atoms with Gasteiger partial charge in [0.25, 0.3) is 5.91 Å². The van der Waals surface area contributed by atoms with Crippen LogP contribution < -0.4 is 10.1 Å². The first-order valence-corrected chi connectivity index (χ1v) is 10.1. The lowest BCUT2D eigenvalue weighted by Crippen LogP contribution is -2.30. The number of ketones is 2. The highest BCUT2D eigenvalue weighted by Crippen LogP contribution is 2.29. The lowest BCUT2D eigenvalue weighted by molar-refractivity contribution is -0.123. The number of alkyl halides is 2. The van der Waals surface area contributed by atoms with Crippen LogP contribution in [-0.4, -0.2) is 36.2 Å². The van der Waals surface area contributed by atoms with Gasteiger partial charge in [-0.3, -0.25) is 14.4 Å². The first-order valence-electron chi connectivity index (χ1n) is 10.1. The summed E-state index contributed by atoms with van der Waals surface area (Å²) in [5.74, 6) is -2.46. The highest BCUT2D eigenvalue weighted by molar-refractivity contribution is 6.28. The van der Waals surface area contributed by atoms with Crippen molar-refractivity contribution >= 4 is 29.1 Å². The summed E-state index contributed by atoms with van der Waals surface area (Å²) in [4.78, 5) is 50.4. The second kappa shape index (κ2) is 9.22. The Morgan fingerprint density at radius 1 is 0.824 bits per heavy atom. The van der Waals surface area contributed by atoms with Crippen molar-refractivity contribution in [3.05, 3.63) is 94.5 Å². The van der Waals surface area contributed by atoms with Crippen molar-refractivity contribution in [2.24, 2.45) is 0 Å². The number of rotatable bonds is 6. The first kappa shape index (κ1) is 22.8. The third-order valence-corrected chi connectivity index (χ3v) is 5.14. The van der Waals surface area contributed by atoms with Gasteiger partial charge in [0.05, 0.1) is 5.56 Å². The molecule has 9 heteroatoms. The maximum atomic E-state index is 12.8. The number of hydrogen-bond acceptors (Lipinski definition) is 6. The Hall–Kier alpha value is -4.40. The van der Waals surface area contributed by atoms with Crippen LogP contribution in [0.15, 0.2) is 66.7 Å². The predicted octanol–water partition coefficient (Wildman–Crippen LogP) is 4.25. The zero-order valence-electron chi connectivity index (χ0n) is 17.7. The lowest BCUT2D eigenvalue weighted by atomic mass is 9.84. The van der Waals surface area contributed by atoms with Crippen molar-refractivity contribution in [2.75, 3.05) is 5.32 Å². The lowest BCUT2D eigenvalue weighted by Gasteiger charge is -2.19. The summed E-state index contributed by atoms with van der Waals surface area (Å²) >= 11 is 0. The van der Waals surface area contributed by atoms with E-state index in [2.05, 4.69) is 10.1 Å². The van der Waals surface area contributed by atoms with Crippen molar-refractivity contribution < 1.29 is 37.4 Å². The number of carbonyl (C=O) groups excluding carboxylic acids is 4. The number of anilines is 1. The van der Waals surface area contributed by atoms with Crippen molar-refractivity contribution in [1.29, 1.82) is 0 Å². The van der Waals surface area contributed by atoms with E-state index in [-0.39, 0.29) is 45.3 Å². The summed E-state index contributed by atoms with van der Waals surface area (Å²) in [7, 11) is 0. The molecule has 7 nitrogen and oxygen atoms in total. The van der Waals surface area contributed by atoms with E-state index in [1.165, 1.54) is 43.3 Å². The average Bonchev–Trinajstić information content (AvgIpc) is 2.82. The van der Waals surface area contributed by atoms with E-state index in [9.17, 15) is 28.0 Å². The van der Waals surface area contributed by atoms with E-state index in [0.29, 0.717) is 5.56 Å². The molecule has 0 saturated carbocycles. The summed E-state index contributed by atoms with van der Waals surface area (Å²) in [6, 6.07) is 15.8. The second-order valence-corrected chi connectivity index (χ2v) is 7.41. The molecular weight excluding hydrogens is 448 g/mol. The van der Waals surface area contributed by atoms with Gasteiger partial charge in [-0.15, -0.1) is 0 Å². The number of fused-ring (bicyclic) bond motifs is 2. The van der Waals surface area contributed by atoms with Crippen LogP contribution in [0.5, 0.6) is 5.75 Å². The molecule has 1 atom stereocenters. The molecular formula is C25H17F2NO6. The van der Waals surface area contributed by atoms with Crippen LogP contribution in [0, 0.1) is 0 Å². The molecule has 1 unspecified atom stereocenters. The molecule has 0 saturated heterocycles. The van der Waals surface area contributed by atoms with Crippen LogP contribution in [0.3, 0.4) is 0 Å². The molecule has 1 aliphatic rings. The Bertz CT molecular complexity index is 1320. The van der Waals surface area contributed by atoms with E-state index < -0.39 is 24.6 Å². The Morgan fingerprint density at radius 3 is 2.15 bits per heavy atom. The van der Waals surface area contributed by atoms with E-state index in [1.54, 1.807) is 24.3 Å². The van der Waals surface area contributed by atoms with Gasteiger partial charge >= 0.3 is 12.6 Å². The largest absolute Gasteiger partial charge is 0.449 e. The van der Waals surface area contributed by atoms with E-state index in [1.807, 2.05) is 0 Å². The topological polar surface area (TPSA) is 98.8 Å². The molecule has 1 amide bonds. The summed E-state index contributed by atoms with van der Waals surface area (Å²) in [6.07, 6.45) is -1.25. The van der Waals surface area contributed by atoms with Gasteiger partial charge in [0.15, 0.2) is 17.7 Å². The normalized spacial score (nSPS) is 13.1. The van der Waals surface area contributed by atoms with Crippen LogP contribution in [0.4, 0.5) is 14.5 Å². The highest BCUT2D eigenvalue weighted by atomic mass is 19.3. The van der Waals surface area contributed by atoms with Crippen LogP contribution in [0.2, 0.25) is 0 Å². The zero-order chi connectivity index (χ0) is 24.4. The molecule has 0 bridgehead atoms. The standard InChI is InChI=1S/C25H17F2NO6/c1-13(33-24(32)14-5-4-6-16(11-14)34-25(26)27)23(31)28-15-9-10-19-20(12-15)22(30)18-8-3-2-7-17(18)21(19)29/h2-13,25H,1H3,(H,28,31). The Kier molecular flexibility index (Phi) is 6.18. The summed E-state index contributed by atoms with van der Waals surface area (Å²) in [6.45, 7) is -1.72. The molecule has 1 N–H and O–H groups in total. The monoisotopic (exact) mass is 465 g/mol. The Morgan fingerprint density at radius 2 is 1.47 bits per heavy atom. The molecule has 4 rings (SSSR count). The van der Waals surface area contributed by atoms with Crippen LogP contribution >= 0.6 is 0 Å². The van der Waals surface area contributed by atoms with Gasteiger partial charge in [-0.25, -0.2) is 4.79 Å². The number of halogens is 2. The fourth-order valence-electron chi connectivity index (χ4n) is 3.50. The molecule has 3 aromatic carbocycles. The number of nitrogens with one attached hydrogen (secondary N) is 1. The molecule has 0 fully saturated rings. The smallest absolute Gasteiger partial charge is 0.387 e. The third-order valence-electron chi connectivity index (χ3n) is 5.14. The van der Waals surface area contributed by atoms with Crippen LogP contribution in [0.25, 0.3) is 0 Å². The minimum atomic E-state index is -3.05. The number of carbonyl (C=O) groups is 4. The van der Waals surface area contributed by atoms with Gasteiger partial charge in [-0.05, 0) is 43.3 Å². The Labute approximate surface area is 192 Å². The minimum absolute atomic E-state index is 0.0747. The summed E-state index contributed by atoms with van der Waals surface area (Å²) < 4.78 is 34.1. The predicted molar refractivity (Wildman–Crippen MR) is 116 cm³/mol. The van der Waals surface area contributed by atoms with Crippen molar-refractivity contribution in [3.8, 4) is 5.75 Å². The fraction of sp³-hybridized carbons (Fsp3) is 0.120. The number of esters is 1. The van der Waals surface area contributed by atoms with Crippen molar-refractivity contribution in [2.45, 2.75) is 19.6 Å². The average molecular weight is 465 g/mol. The third kappa shape index (κ3) is 4.54. The van der Waals surface area contributed by atoms with Crippen LogP contribution in [0.1, 0.15) is 49.1 Å². The zero-order valence-corrected chi connectivity index (χ0v) is 17.7. The molecule has 3 aromatic rings. The van der Waals surface area contributed by atoms with Crippen molar-refractivity contribution in [3.63, 3.8) is 0 Å². The minimum Gasteiger partial charge on any atom is -0.449 e. The van der Waals surface area contributed by atoms with Gasteiger partial charge in [0.1, 0.15) is 5.75 Å². The highest BCUT2D eigenvalue weighted by Gasteiger charge is 2.30. The first-order chi connectivity index (χ1) is 16.2. The summed E-state index contributed by atoms with van der Waals surface area (Å²) in [5.41, 5.74) is 1.15. The maximum Gasteiger partial charge on any atom is 0.387 e. The van der Waals surface area contributed by atoms with E-state index >= 15 is 0 Å². The van der Waals surface area contributed by atoms with Gasteiger partial charge < -0.3 is 14.8 Å². The number of hydrogen-bond donors (Lipinski definition) is 1. The van der Waals surface area contributed by atoms with Gasteiger partial charge in [0, 0.05) is 27.9 Å². The molecule has 0 aromatic heterocycles. The molecule has 172 valence electrons. The van der Waals surface area contributed by atoms with Gasteiger partial charge in [-0.1, -0.05) is 30.3 Å². The molecule has 1 aliphatic carbocycles. The Balaban J connectivity index is 1.46. The molecule has 0 spiro atoms. The maximum absolute atomic E-state index is 12.8. The van der Waals surface area contributed by atoms with E-state index in [0.717, 1.165) is 6.07 Å². The molecule has 0 heterocycles. The van der Waals surface area contributed by atoms with Crippen LogP contribution in [-0.2, 0) is 9.53 Å². The SMILES string of the molecule is CC(OC(=O)c1cccc(OC(F)F)c1)C(=O)Nc1ccc2c(c1)C(=O)c1ccccc1C2=O. The number of amides is 1. The number of ether oxygens (including phenoxy) is 2.